The third-order valence-electron chi connectivity index (χ3n) is 4.77. The minimum absolute atomic E-state index is 0.183. The molecule has 1 saturated carbocycles. The molecule has 20 heavy (non-hydrogen) atoms. The van der Waals surface area contributed by atoms with Crippen LogP contribution < -0.4 is 16.0 Å². The minimum atomic E-state index is 0.183. The van der Waals surface area contributed by atoms with Gasteiger partial charge >= 0.3 is 0 Å². The molecule has 3 heteroatoms. The molecule has 0 bridgehead atoms. The Kier molecular flexibility index (Phi) is 5.44. The lowest BCUT2D eigenvalue weighted by atomic mass is 9.73. The molecule has 1 aromatic carbocycles. The van der Waals surface area contributed by atoms with Gasteiger partial charge in [-0.15, -0.1) is 0 Å². The predicted octanol–water partition coefficient (Wildman–Crippen LogP) is 3.95. The molecule has 1 atom stereocenters. The molecule has 0 spiro atoms. The molecule has 3 nitrogen and oxygen atoms in total. The normalized spacial score (nSPS) is 18.9. The smallest absolute Gasteiger partial charge is 0.124 e. The highest BCUT2D eigenvalue weighted by Gasteiger charge is 2.41. The first-order valence-electron chi connectivity index (χ1n) is 7.95. The van der Waals surface area contributed by atoms with E-state index in [0.29, 0.717) is 0 Å². The van der Waals surface area contributed by atoms with E-state index in [9.17, 15) is 0 Å². The Labute approximate surface area is 122 Å². The highest BCUT2D eigenvalue weighted by atomic mass is 16.5. The first-order chi connectivity index (χ1) is 9.77. The number of rotatable bonds is 7. The summed E-state index contributed by atoms with van der Waals surface area (Å²) in [5.41, 5.74) is 4.58. The Balaban J connectivity index is 2.31. The van der Waals surface area contributed by atoms with E-state index >= 15 is 0 Å². The van der Waals surface area contributed by atoms with Gasteiger partial charge in [0.2, 0.25) is 0 Å². The Morgan fingerprint density at radius 2 is 1.95 bits per heavy atom. The summed E-state index contributed by atoms with van der Waals surface area (Å²) in [5, 5.41) is 0. The quantitative estimate of drug-likeness (QED) is 0.585. The highest BCUT2D eigenvalue weighted by molar-refractivity contribution is 5.37. The van der Waals surface area contributed by atoms with Gasteiger partial charge in [-0.3, -0.25) is 11.3 Å². The van der Waals surface area contributed by atoms with Crippen LogP contribution in [-0.2, 0) is 0 Å². The molecule has 0 aromatic heterocycles. The molecule has 112 valence electrons. The molecule has 2 rings (SSSR count). The lowest BCUT2D eigenvalue weighted by Crippen LogP contribution is -2.40. The maximum atomic E-state index is 5.94. The molecule has 0 heterocycles. The molecular weight excluding hydrogens is 248 g/mol. The van der Waals surface area contributed by atoms with Crippen molar-refractivity contribution < 1.29 is 4.74 Å². The van der Waals surface area contributed by atoms with Crippen LogP contribution in [0.4, 0.5) is 0 Å². The van der Waals surface area contributed by atoms with Crippen LogP contribution in [0.25, 0.3) is 0 Å². The van der Waals surface area contributed by atoms with Crippen molar-refractivity contribution in [3.8, 4) is 5.75 Å². The second-order valence-electron chi connectivity index (χ2n) is 5.91. The van der Waals surface area contributed by atoms with Gasteiger partial charge in [0.25, 0.3) is 0 Å². The van der Waals surface area contributed by atoms with Crippen LogP contribution in [0.5, 0.6) is 5.75 Å². The van der Waals surface area contributed by atoms with Gasteiger partial charge in [0.15, 0.2) is 0 Å². The number of hydrogen-bond acceptors (Lipinski definition) is 3. The summed E-state index contributed by atoms with van der Waals surface area (Å²) >= 11 is 0. The third kappa shape index (κ3) is 2.99. The topological polar surface area (TPSA) is 47.3 Å². The summed E-state index contributed by atoms with van der Waals surface area (Å²) < 4.78 is 5.92. The highest BCUT2D eigenvalue weighted by Crippen LogP contribution is 2.51. The zero-order chi connectivity index (χ0) is 14.4. The van der Waals surface area contributed by atoms with Crippen molar-refractivity contribution in [1.29, 1.82) is 0 Å². The Hall–Kier alpha value is -1.06. The van der Waals surface area contributed by atoms with Gasteiger partial charge in [0, 0.05) is 5.56 Å². The summed E-state index contributed by atoms with van der Waals surface area (Å²) in [6, 6.07) is 8.52. The van der Waals surface area contributed by atoms with Crippen LogP contribution in [0, 0.1) is 5.41 Å². The lowest BCUT2D eigenvalue weighted by molar-refractivity contribution is 0.182. The van der Waals surface area contributed by atoms with Crippen molar-refractivity contribution in [1.82, 2.24) is 5.43 Å². The monoisotopic (exact) mass is 276 g/mol. The van der Waals surface area contributed by atoms with E-state index in [1.165, 1.54) is 31.2 Å². The Morgan fingerprint density at radius 1 is 1.25 bits per heavy atom. The van der Waals surface area contributed by atoms with Crippen molar-refractivity contribution in [2.45, 2.75) is 58.4 Å². The summed E-state index contributed by atoms with van der Waals surface area (Å²) in [4.78, 5) is 0. The summed E-state index contributed by atoms with van der Waals surface area (Å²) in [6.45, 7) is 5.17. The Morgan fingerprint density at radius 3 is 2.55 bits per heavy atom. The molecular formula is C17H28N2O. The minimum Gasteiger partial charge on any atom is -0.493 e. The van der Waals surface area contributed by atoms with Crippen LogP contribution in [0.3, 0.4) is 0 Å². The van der Waals surface area contributed by atoms with Gasteiger partial charge in [0.1, 0.15) is 5.75 Å². The summed E-state index contributed by atoms with van der Waals surface area (Å²) in [6.07, 6.45) is 7.30. The Bertz CT molecular complexity index is 413. The third-order valence-corrected chi connectivity index (χ3v) is 4.77. The van der Waals surface area contributed by atoms with Crippen LogP contribution in [0.15, 0.2) is 24.3 Å². The van der Waals surface area contributed by atoms with E-state index < -0.39 is 0 Å². The van der Waals surface area contributed by atoms with Crippen LogP contribution in [0.1, 0.15) is 64.0 Å². The van der Waals surface area contributed by atoms with Crippen LogP contribution in [-0.4, -0.2) is 6.61 Å². The van der Waals surface area contributed by atoms with E-state index in [2.05, 4.69) is 37.5 Å². The SMILES string of the molecule is CCCOc1ccccc1C(NN)C1(CC)CCCC1. The molecule has 1 aromatic rings. The lowest BCUT2D eigenvalue weighted by Gasteiger charge is -2.37. The maximum Gasteiger partial charge on any atom is 0.124 e. The van der Waals surface area contributed by atoms with Crippen LogP contribution in [0.2, 0.25) is 0 Å². The first-order valence-corrected chi connectivity index (χ1v) is 7.95. The second kappa shape index (κ2) is 7.09. The van der Waals surface area contributed by atoms with Crippen molar-refractivity contribution in [3.05, 3.63) is 29.8 Å². The fourth-order valence-corrected chi connectivity index (χ4v) is 3.58. The van der Waals surface area contributed by atoms with Gasteiger partial charge in [-0.25, -0.2) is 0 Å². The van der Waals surface area contributed by atoms with E-state index in [1.807, 2.05) is 6.07 Å². The van der Waals surface area contributed by atoms with E-state index in [4.69, 9.17) is 10.6 Å². The van der Waals surface area contributed by atoms with E-state index in [0.717, 1.165) is 25.2 Å². The fourth-order valence-electron chi connectivity index (χ4n) is 3.58. The number of hydrazine groups is 1. The van der Waals surface area contributed by atoms with Crippen molar-refractivity contribution >= 4 is 0 Å². The molecule has 1 aliphatic carbocycles. The average molecular weight is 276 g/mol. The van der Waals surface area contributed by atoms with Crippen molar-refractivity contribution in [2.75, 3.05) is 6.61 Å². The number of benzene rings is 1. The van der Waals surface area contributed by atoms with Gasteiger partial charge in [0.05, 0.1) is 12.6 Å². The molecule has 0 aliphatic heterocycles. The molecule has 0 radical (unpaired) electrons. The average Bonchev–Trinajstić information content (AvgIpc) is 2.97. The van der Waals surface area contributed by atoms with Crippen LogP contribution >= 0.6 is 0 Å². The molecule has 1 aliphatic rings. The largest absolute Gasteiger partial charge is 0.493 e. The zero-order valence-corrected chi connectivity index (χ0v) is 12.8. The van der Waals surface area contributed by atoms with Crippen molar-refractivity contribution in [3.63, 3.8) is 0 Å². The number of para-hydroxylation sites is 1. The summed E-state index contributed by atoms with van der Waals surface area (Å²) in [7, 11) is 0. The molecule has 0 saturated heterocycles. The van der Waals surface area contributed by atoms with E-state index in [-0.39, 0.29) is 11.5 Å². The van der Waals surface area contributed by atoms with Gasteiger partial charge in [-0.2, -0.15) is 0 Å². The second-order valence-corrected chi connectivity index (χ2v) is 5.91. The predicted molar refractivity (Wildman–Crippen MR) is 83.5 cm³/mol. The number of nitrogens with one attached hydrogen (secondary N) is 1. The molecule has 1 unspecified atom stereocenters. The van der Waals surface area contributed by atoms with Gasteiger partial charge < -0.3 is 4.74 Å². The standard InChI is InChI=1S/C17H28N2O/c1-3-13-20-15-10-6-5-9-14(15)16(19-18)17(4-2)11-7-8-12-17/h5-6,9-10,16,19H,3-4,7-8,11-13,18H2,1-2H3. The molecule has 1 fully saturated rings. The molecule has 0 amide bonds. The fraction of sp³-hybridized carbons (Fsp3) is 0.647. The molecule has 3 N–H and O–H groups in total. The zero-order valence-electron chi connectivity index (χ0n) is 12.8. The maximum absolute atomic E-state index is 5.94. The first kappa shape index (κ1) is 15.3. The summed E-state index contributed by atoms with van der Waals surface area (Å²) in [5.74, 6) is 6.92. The van der Waals surface area contributed by atoms with Crippen molar-refractivity contribution in [2.24, 2.45) is 11.3 Å². The van der Waals surface area contributed by atoms with Gasteiger partial charge in [-0.05, 0) is 37.2 Å². The number of ether oxygens (including phenoxy) is 1. The van der Waals surface area contributed by atoms with E-state index in [1.54, 1.807) is 0 Å². The van der Waals surface area contributed by atoms with Gasteiger partial charge in [-0.1, -0.05) is 44.9 Å². The number of hydrogen-bond donors (Lipinski definition) is 2. The number of nitrogens with two attached hydrogens (primary N) is 1.